The molecule has 2 unspecified atom stereocenters. The summed E-state index contributed by atoms with van der Waals surface area (Å²) in [6.45, 7) is 2.55. The van der Waals surface area contributed by atoms with Crippen LogP contribution >= 0.6 is 11.6 Å². The van der Waals surface area contributed by atoms with E-state index in [2.05, 4.69) is 11.1 Å². The Hall–Kier alpha value is -2.79. The number of amides is 2. The second-order valence-corrected chi connectivity index (χ2v) is 10.6. The van der Waals surface area contributed by atoms with Crippen molar-refractivity contribution in [3.05, 3.63) is 70.4 Å². The summed E-state index contributed by atoms with van der Waals surface area (Å²) < 4.78 is 0. The van der Waals surface area contributed by atoms with Crippen LogP contribution in [-0.4, -0.2) is 45.7 Å². The molecule has 2 aliphatic heterocycles. The summed E-state index contributed by atoms with van der Waals surface area (Å²) in [6, 6.07) is 16.2. The number of carbonyl (C=O) groups is 2. The third-order valence-electron chi connectivity index (χ3n) is 8.32. The number of hydrogen-bond acceptors (Lipinski definition) is 2. The fourth-order valence-electron chi connectivity index (χ4n) is 6.53. The predicted molar refractivity (Wildman–Crippen MR) is 134 cm³/mol. The summed E-state index contributed by atoms with van der Waals surface area (Å²) in [6.07, 6.45) is 6.63. The van der Waals surface area contributed by atoms with Crippen LogP contribution in [0.3, 0.4) is 0 Å². The Balaban J connectivity index is 1.53. The Morgan fingerprint density at radius 1 is 0.971 bits per heavy atom. The fraction of sp³-hybridized carbons (Fsp3) is 0.429. The molecular formula is C28H30ClN3O2. The predicted octanol–water partition coefficient (Wildman–Crippen LogP) is 5.58. The van der Waals surface area contributed by atoms with Gasteiger partial charge < -0.3 is 14.8 Å². The molecule has 3 aliphatic rings. The molecule has 1 saturated carbocycles. The zero-order valence-corrected chi connectivity index (χ0v) is 20.3. The van der Waals surface area contributed by atoms with Crippen LogP contribution < -0.4 is 0 Å². The molecular weight excluding hydrogens is 446 g/mol. The molecule has 5 nitrogen and oxygen atoms in total. The van der Waals surface area contributed by atoms with Crippen molar-refractivity contribution >= 4 is 34.3 Å². The number of H-pyrrole nitrogens is 1. The number of hydrogen-bond donors (Lipinski definition) is 1. The monoisotopic (exact) mass is 475 g/mol. The third-order valence-corrected chi connectivity index (χ3v) is 8.66. The number of benzene rings is 2. The van der Waals surface area contributed by atoms with Crippen LogP contribution in [0.25, 0.3) is 10.9 Å². The first-order valence-corrected chi connectivity index (χ1v) is 12.8. The summed E-state index contributed by atoms with van der Waals surface area (Å²) in [4.78, 5) is 35.3. The molecule has 3 aromatic rings. The Kier molecular flexibility index (Phi) is 5.21. The minimum Gasteiger partial charge on any atom is -0.356 e. The molecule has 0 bridgehead atoms. The highest BCUT2D eigenvalue weighted by molar-refractivity contribution is 6.31. The molecule has 2 amide bonds. The second kappa shape index (κ2) is 8.16. The SMILES string of the molecule is CC12C(=O)N(C3CCCCCC3)CC(=O)N1CC(c1ccccc1Cl)c1c2[nH]c2ccccc12. The van der Waals surface area contributed by atoms with E-state index in [1.54, 1.807) is 0 Å². The lowest BCUT2D eigenvalue weighted by Gasteiger charge is -2.53. The van der Waals surface area contributed by atoms with Crippen molar-refractivity contribution in [2.45, 2.75) is 62.9 Å². The van der Waals surface area contributed by atoms with Crippen LogP contribution in [0, 0.1) is 0 Å². The molecule has 1 aromatic heterocycles. The van der Waals surface area contributed by atoms with Crippen molar-refractivity contribution < 1.29 is 9.59 Å². The molecule has 6 rings (SSSR count). The highest BCUT2D eigenvalue weighted by Gasteiger charge is 2.57. The van der Waals surface area contributed by atoms with Crippen LogP contribution in [-0.2, 0) is 15.1 Å². The van der Waals surface area contributed by atoms with Crippen molar-refractivity contribution in [1.29, 1.82) is 0 Å². The molecule has 1 saturated heterocycles. The lowest BCUT2D eigenvalue weighted by atomic mass is 9.76. The van der Waals surface area contributed by atoms with Gasteiger partial charge >= 0.3 is 0 Å². The van der Waals surface area contributed by atoms with E-state index in [0.717, 1.165) is 53.4 Å². The van der Waals surface area contributed by atoms with E-state index in [9.17, 15) is 9.59 Å². The standard InChI is InChI=1S/C28H30ClN3O2/c1-28-26-25(20-13-7-9-15-23(20)30-26)21(19-12-6-8-14-22(19)29)16-32(28)24(33)17-31(27(28)34)18-10-4-2-3-5-11-18/h6-9,12-15,18,21,30H,2-5,10-11,16-17H2,1H3. The summed E-state index contributed by atoms with van der Waals surface area (Å²) in [5.41, 5.74) is 2.85. The van der Waals surface area contributed by atoms with Gasteiger partial charge in [0.2, 0.25) is 5.91 Å². The van der Waals surface area contributed by atoms with Gasteiger partial charge in [-0.2, -0.15) is 0 Å². The Bertz CT molecular complexity index is 1280. The minimum absolute atomic E-state index is 0.0210. The number of carbonyl (C=O) groups excluding carboxylic acids is 2. The molecule has 34 heavy (non-hydrogen) atoms. The number of aromatic nitrogens is 1. The van der Waals surface area contributed by atoms with Crippen LogP contribution in [0.15, 0.2) is 48.5 Å². The van der Waals surface area contributed by atoms with E-state index < -0.39 is 5.54 Å². The van der Waals surface area contributed by atoms with Crippen molar-refractivity contribution in [1.82, 2.24) is 14.8 Å². The molecule has 6 heteroatoms. The van der Waals surface area contributed by atoms with E-state index in [0.29, 0.717) is 11.6 Å². The molecule has 0 spiro atoms. The van der Waals surface area contributed by atoms with Crippen molar-refractivity contribution in [2.75, 3.05) is 13.1 Å². The van der Waals surface area contributed by atoms with Gasteiger partial charge in [-0.25, -0.2) is 0 Å². The van der Waals surface area contributed by atoms with Crippen molar-refractivity contribution in [3.8, 4) is 0 Å². The number of rotatable bonds is 2. The maximum absolute atomic E-state index is 14.3. The van der Waals surface area contributed by atoms with Gasteiger partial charge in [0.1, 0.15) is 6.54 Å². The average molecular weight is 476 g/mol. The van der Waals surface area contributed by atoms with E-state index in [4.69, 9.17) is 11.6 Å². The van der Waals surface area contributed by atoms with Gasteiger partial charge in [0.25, 0.3) is 5.91 Å². The maximum atomic E-state index is 14.3. The van der Waals surface area contributed by atoms with Crippen molar-refractivity contribution in [3.63, 3.8) is 0 Å². The fourth-order valence-corrected chi connectivity index (χ4v) is 6.80. The van der Waals surface area contributed by atoms with E-state index in [-0.39, 0.29) is 30.3 Å². The lowest BCUT2D eigenvalue weighted by molar-refractivity contribution is -0.169. The molecule has 2 fully saturated rings. The third kappa shape index (κ3) is 3.13. The van der Waals surface area contributed by atoms with Crippen LogP contribution in [0.1, 0.15) is 68.2 Å². The van der Waals surface area contributed by atoms with Crippen LogP contribution in [0.5, 0.6) is 0 Å². The minimum atomic E-state index is -1.05. The summed E-state index contributed by atoms with van der Waals surface area (Å²) in [5.74, 6) is -0.0359. The molecule has 3 heterocycles. The summed E-state index contributed by atoms with van der Waals surface area (Å²) in [7, 11) is 0. The first-order valence-electron chi connectivity index (χ1n) is 12.5. The van der Waals surface area contributed by atoms with Gasteiger partial charge in [0, 0.05) is 34.4 Å². The molecule has 2 atom stereocenters. The van der Waals surface area contributed by atoms with Gasteiger partial charge in [-0.15, -0.1) is 0 Å². The van der Waals surface area contributed by atoms with Gasteiger partial charge in [0.15, 0.2) is 5.54 Å². The summed E-state index contributed by atoms with van der Waals surface area (Å²) in [5, 5.41) is 1.78. The normalized spacial score (nSPS) is 25.9. The van der Waals surface area contributed by atoms with Crippen molar-refractivity contribution in [2.24, 2.45) is 0 Å². The maximum Gasteiger partial charge on any atom is 0.255 e. The van der Waals surface area contributed by atoms with E-state index in [1.807, 2.05) is 59.2 Å². The molecule has 1 N–H and O–H groups in total. The Labute approximate surface area is 205 Å². The van der Waals surface area contributed by atoms with Gasteiger partial charge in [-0.05, 0) is 43.0 Å². The molecule has 2 aromatic carbocycles. The van der Waals surface area contributed by atoms with Gasteiger partial charge in [-0.1, -0.05) is 73.7 Å². The number of aromatic amines is 1. The highest BCUT2D eigenvalue weighted by Crippen LogP contribution is 2.49. The molecule has 176 valence electrons. The summed E-state index contributed by atoms with van der Waals surface area (Å²) >= 11 is 6.67. The van der Waals surface area contributed by atoms with E-state index >= 15 is 0 Å². The number of fused-ring (bicyclic) bond motifs is 5. The Morgan fingerprint density at radius 3 is 2.44 bits per heavy atom. The van der Waals surface area contributed by atoms with Gasteiger partial charge in [0.05, 0.1) is 5.69 Å². The lowest BCUT2D eigenvalue weighted by Crippen LogP contribution is -2.68. The number of nitrogens with zero attached hydrogens (tertiary/aromatic N) is 2. The molecule has 0 radical (unpaired) electrons. The number of nitrogens with one attached hydrogen (secondary N) is 1. The number of piperazine rings is 1. The second-order valence-electron chi connectivity index (χ2n) is 10.2. The quantitative estimate of drug-likeness (QED) is 0.492. The highest BCUT2D eigenvalue weighted by atomic mass is 35.5. The topological polar surface area (TPSA) is 56.4 Å². The number of halogens is 1. The first kappa shape index (κ1) is 21.7. The zero-order valence-electron chi connectivity index (χ0n) is 19.5. The molecule has 1 aliphatic carbocycles. The van der Waals surface area contributed by atoms with Gasteiger partial charge in [-0.3, -0.25) is 9.59 Å². The largest absolute Gasteiger partial charge is 0.356 e. The van der Waals surface area contributed by atoms with Crippen LogP contribution in [0.4, 0.5) is 0 Å². The Morgan fingerprint density at radius 2 is 1.68 bits per heavy atom. The first-order chi connectivity index (χ1) is 16.5. The van der Waals surface area contributed by atoms with E-state index in [1.165, 1.54) is 12.8 Å². The van der Waals surface area contributed by atoms with Crippen LogP contribution in [0.2, 0.25) is 5.02 Å². The number of para-hydroxylation sites is 1. The zero-order chi connectivity index (χ0) is 23.4. The smallest absolute Gasteiger partial charge is 0.255 e. The average Bonchev–Trinajstić information content (AvgIpc) is 3.03.